The van der Waals surface area contributed by atoms with E-state index in [0.717, 1.165) is 23.4 Å². The summed E-state index contributed by atoms with van der Waals surface area (Å²) in [5.41, 5.74) is 4.18. The van der Waals surface area contributed by atoms with Gasteiger partial charge in [-0.3, -0.25) is 4.79 Å². The van der Waals surface area contributed by atoms with Gasteiger partial charge in [0.05, 0.1) is 6.42 Å². The highest BCUT2D eigenvalue weighted by molar-refractivity contribution is 7.98. The molecule has 0 aromatic carbocycles. The van der Waals surface area contributed by atoms with Crippen molar-refractivity contribution in [2.24, 2.45) is 0 Å². The third kappa shape index (κ3) is 4.21. The number of aryl methyl sites for hydroxylation is 2. The van der Waals surface area contributed by atoms with Gasteiger partial charge in [-0.15, -0.1) is 5.10 Å². The van der Waals surface area contributed by atoms with Gasteiger partial charge in [-0.1, -0.05) is 23.4 Å². The van der Waals surface area contributed by atoms with Gasteiger partial charge in [-0.05, 0) is 52.2 Å². The highest BCUT2D eigenvalue weighted by Crippen LogP contribution is 2.20. The zero-order valence-electron chi connectivity index (χ0n) is 15.1. The van der Waals surface area contributed by atoms with Gasteiger partial charge >= 0.3 is 0 Å². The number of allylic oxidation sites excluding steroid dienone is 1. The second-order valence-corrected chi connectivity index (χ2v) is 7.23. The molecule has 7 heteroatoms. The fourth-order valence-electron chi connectivity index (χ4n) is 3.25. The molecule has 2 aromatic heterocycles. The van der Waals surface area contributed by atoms with Crippen molar-refractivity contribution in [2.45, 2.75) is 57.5 Å². The average Bonchev–Trinajstić information content (AvgIpc) is 3.03. The third-order valence-electron chi connectivity index (χ3n) is 4.70. The predicted octanol–water partition coefficient (Wildman–Crippen LogP) is 3.01. The Morgan fingerprint density at radius 2 is 2.16 bits per heavy atom. The highest BCUT2D eigenvalue weighted by atomic mass is 32.2. The van der Waals surface area contributed by atoms with Gasteiger partial charge in [0.25, 0.3) is 5.78 Å². The van der Waals surface area contributed by atoms with Crippen molar-refractivity contribution in [2.75, 3.05) is 12.8 Å². The summed E-state index contributed by atoms with van der Waals surface area (Å²) in [4.78, 5) is 21.2. The summed E-state index contributed by atoms with van der Waals surface area (Å²) in [5.74, 6) is 0.627. The smallest absolute Gasteiger partial charge is 0.253 e. The van der Waals surface area contributed by atoms with Gasteiger partial charge in [0, 0.05) is 23.5 Å². The van der Waals surface area contributed by atoms with E-state index in [9.17, 15) is 4.79 Å². The Hall–Kier alpha value is -1.89. The quantitative estimate of drug-likeness (QED) is 0.634. The van der Waals surface area contributed by atoms with Crippen LogP contribution < -0.4 is 5.32 Å². The molecule has 0 saturated heterocycles. The van der Waals surface area contributed by atoms with Crippen molar-refractivity contribution in [3.8, 4) is 0 Å². The first-order valence-electron chi connectivity index (χ1n) is 8.80. The normalized spacial score (nSPS) is 14.6. The maximum atomic E-state index is 12.3. The summed E-state index contributed by atoms with van der Waals surface area (Å²) in [5, 5.41) is 8.16. The van der Waals surface area contributed by atoms with Crippen LogP contribution in [0.4, 0.5) is 0 Å². The third-order valence-corrected chi connectivity index (χ3v) is 5.24. The topological polar surface area (TPSA) is 72.2 Å². The number of amides is 1. The van der Waals surface area contributed by atoms with Crippen LogP contribution in [-0.4, -0.2) is 38.3 Å². The van der Waals surface area contributed by atoms with Crippen molar-refractivity contribution < 1.29 is 4.79 Å². The number of hydrogen-bond acceptors (Lipinski definition) is 5. The number of fused-ring (bicyclic) bond motifs is 1. The molecular weight excluding hydrogens is 334 g/mol. The maximum Gasteiger partial charge on any atom is 0.253 e. The van der Waals surface area contributed by atoms with E-state index in [2.05, 4.69) is 26.5 Å². The van der Waals surface area contributed by atoms with Crippen LogP contribution in [0.25, 0.3) is 5.78 Å². The molecule has 0 saturated carbocycles. The van der Waals surface area contributed by atoms with E-state index < -0.39 is 0 Å². The lowest BCUT2D eigenvalue weighted by Crippen LogP contribution is -2.27. The van der Waals surface area contributed by atoms with Gasteiger partial charge in [-0.2, -0.15) is 4.98 Å². The first-order chi connectivity index (χ1) is 12.1. The lowest BCUT2D eigenvalue weighted by atomic mass is 9.97. The number of rotatable bonds is 6. The summed E-state index contributed by atoms with van der Waals surface area (Å²) in [6.07, 6.45) is 10.5. The first kappa shape index (κ1) is 17.9. The fourth-order valence-corrected chi connectivity index (χ4v) is 3.59. The van der Waals surface area contributed by atoms with Crippen LogP contribution in [0.3, 0.4) is 0 Å². The van der Waals surface area contributed by atoms with E-state index in [0.29, 0.717) is 23.9 Å². The Bertz CT molecular complexity index is 811. The molecule has 0 aliphatic heterocycles. The zero-order valence-corrected chi connectivity index (χ0v) is 15.9. The van der Waals surface area contributed by atoms with E-state index in [1.807, 2.05) is 20.1 Å². The van der Waals surface area contributed by atoms with Crippen LogP contribution in [0.1, 0.15) is 49.1 Å². The van der Waals surface area contributed by atoms with Crippen LogP contribution >= 0.6 is 11.8 Å². The Kier molecular flexibility index (Phi) is 5.73. The summed E-state index contributed by atoms with van der Waals surface area (Å²) >= 11 is 1.49. The Balaban J connectivity index is 1.65. The molecule has 1 amide bonds. The van der Waals surface area contributed by atoms with Crippen molar-refractivity contribution in [3.05, 3.63) is 28.6 Å². The van der Waals surface area contributed by atoms with E-state index in [1.165, 1.54) is 43.0 Å². The average molecular weight is 359 g/mol. The molecule has 1 aliphatic rings. The molecular formula is C18H25N5OS. The molecule has 0 radical (unpaired) electrons. The number of carbonyl (C=O) groups excluding carboxylic acids is 1. The molecule has 1 aliphatic carbocycles. The number of nitrogens with zero attached hydrogens (tertiary/aromatic N) is 4. The van der Waals surface area contributed by atoms with Crippen molar-refractivity contribution in [1.82, 2.24) is 24.9 Å². The minimum Gasteiger partial charge on any atom is -0.355 e. The lowest BCUT2D eigenvalue weighted by molar-refractivity contribution is -0.120. The Morgan fingerprint density at radius 3 is 2.88 bits per heavy atom. The molecule has 0 fully saturated rings. The lowest BCUT2D eigenvalue weighted by Gasteiger charge is -2.14. The molecule has 0 unspecified atom stereocenters. The van der Waals surface area contributed by atoms with E-state index in [1.54, 1.807) is 4.52 Å². The van der Waals surface area contributed by atoms with Crippen LogP contribution in [0.2, 0.25) is 0 Å². The monoisotopic (exact) mass is 359 g/mol. The minimum atomic E-state index is 0.0361. The fraction of sp³-hybridized carbons (Fsp3) is 0.556. The predicted molar refractivity (Wildman–Crippen MR) is 99.9 cm³/mol. The highest BCUT2D eigenvalue weighted by Gasteiger charge is 2.16. The number of hydrogen-bond donors (Lipinski definition) is 1. The molecule has 0 spiro atoms. The van der Waals surface area contributed by atoms with Gasteiger partial charge in [0.15, 0.2) is 0 Å². The van der Waals surface area contributed by atoms with Crippen LogP contribution in [0, 0.1) is 13.8 Å². The zero-order chi connectivity index (χ0) is 17.8. The van der Waals surface area contributed by atoms with E-state index in [4.69, 9.17) is 0 Å². The van der Waals surface area contributed by atoms with E-state index >= 15 is 0 Å². The minimum absolute atomic E-state index is 0.0361. The first-order valence-corrected chi connectivity index (χ1v) is 10.0. The Labute approximate surface area is 152 Å². The molecule has 134 valence electrons. The number of thioether (sulfide) groups is 1. The van der Waals surface area contributed by atoms with Gasteiger partial charge < -0.3 is 5.32 Å². The number of nitrogens with one attached hydrogen (secondary N) is 1. The second-order valence-electron chi connectivity index (χ2n) is 6.46. The maximum absolute atomic E-state index is 12.3. The molecule has 2 aromatic rings. The SMILES string of the molecule is CSc1nc2nc(C)c(CC(=O)NCCC3=CCCCC3)c(C)n2n1. The Morgan fingerprint density at radius 1 is 1.32 bits per heavy atom. The summed E-state index contributed by atoms with van der Waals surface area (Å²) in [6.45, 7) is 4.60. The van der Waals surface area contributed by atoms with E-state index in [-0.39, 0.29) is 5.91 Å². The summed E-state index contributed by atoms with van der Waals surface area (Å²) in [7, 11) is 0. The second kappa shape index (κ2) is 7.99. The molecule has 1 N–H and O–H groups in total. The van der Waals surface area contributed by atoms with Crippen molar-refractivity contribution in [1.29, 1.82) is 0 Å². The molecule has 2 heterocycles. The van der Waals surface area contributed by atoms with Crippen molar-refractivity contribution in [3.63, 3.8) is 0 Å². The van der Waals surface area contributed by atoms with Gasteiger partial charge in [0.2, 0.25) is 11.1 Å². The largest absolute Gasteiger partial charge is 0.355 e. The van der Waals surface area contributed by atoms with Gasteiger partial charge in [-0.25, -0.2) is 9.50 Å². The van der Waals surface area contributed by atoms with Crippen LogP contribution in [0.15, 0.2) is 16.8 Å². The summed E-state index contributed by atoms with van der Waals surface area (Å²) in [6, 6.07) is 0. The van der Waals surface area contributed by atoms with Crippen LogP contribution in [0.5, 0.6) is 0 Å². The van der Waals surface area contributed by atoms with Crippen molar-refractivity contribution >= 4 is 23.4 Å². The summed E-state index contributed by atoms with van der Waals surface area (Å²) < 4.78 is 1.73. The molecule has 25 heavy (non-hydrogen) atoms. The number of carbonyl (C=O) groups is 1. The number of aromatic nitrogens is 4. The standard InChI is InChI=1S/C18H25N5OS/c1-12-15(13(2)23-17(20-12)21-18(22-23)25-3)11-16(24)19-10-9-14-7-5-4-6-8-14/h7H,4-6,8-11H2,1-3H3,(H,19,24). The molecule has 0 atom stereocenters. The molecule has 3 rings (SSSR count). The molecule has 6 nitrogen and oxygen atoms in total. The van der Waals surface area contributed by atoms with Gasteiger partial charge in [0.1, 0.15) is 0 Å². The molecule has 0 bridgehead atoms. The van der Waals surface area contributed by atoms with Crippen LogP contribution in [-0.2, 0) is 11.2 Å².